The van der Waals surface area contributed by atoms with E-state index in [0.29, 0.717) is 19.5 Å². The van der Waals surface area contributed by atoms with Gasteiger partial charge in [0.1, 0.15) is 11.5 Å². The number of ether oxygens (including phenoxy) is 1. The lowest BCUT2D eigenvalue weighted by Gasteiger charge is -2.32. The summed E-state index contributed by atoms with van der Waals surface area (Å²) in [5.41, 5.74) is 1.24. The van der Waals surface area contributed by atoms with Crippen molar-refractivity contribution in [1.29, 1.82) is 0 Å². The van der Waals surface area contributed by atoms with Crippen LogP contribution in [0.2, 0.25) is 0 Å². The number of piperidine rings is 1. The van der Waals surface area contributed by atoms with Crippen molar-refractivity contribution in [2.24, 2.45) is 5.92 Å². The summed E-state index contributed by atoms with van der Waals surface area (Å²) in [6.45, 7) is -2.04. The molecule has 1 amide bonds. The van der Waals surface area contributed by atoms with Gasteiger partial charge >= 0.3 is 6.61 Å². The quantitative estimate of drug-likeness (QED) is 0.770. The molecule has 2 aromatic carbocycles. The topological polar surface area (TPSA) is 46.6 Å². The minimum atomic E-state index is -2.94. The number of ketones is 1. The van der Waals surface area contributed by atoms with Crippen LogP contribution in [-0.2, 0) is 11.2 Å². The Bertz CT molecular complexity index is 795. The number of rotatable bonds is 6. The molecule has 142 valence electrons. The predicted molar refractivity (Wildman–Crippen MR) is 96.9 cm³/mol. The molecule has 0 bridgehead atoms. The molecule has 27 heavy (non-hydrogen) atoms. The first-order valence-electron chi connectivity index (χ1n) is 8.93. The number of benzene rings is 2. The second-order valence-corrected chi connectivity index (χ2v) is 6.63. The fourth-order valence-corrected chi connectivity index (χ4v) is 3.35. The smallest absolute Gasteiger partial charge is 0.387 e. The summed E-state index contributed by atoms with van der Waals surface area (Å²) in [5, 5.41) is 0. The molecule has 4 nitrogen and oxygen atoms in total. The number of carbonyl (C=O) groups excluding carboxylic acids is 2. The number of alkyl halides is 2. The molecule has 1 heterocycles. The van der Waals surface area contributed by atoms with Gasteiger partial charge in [-0.05, 0) is 36.6 Å². The second-order valence-electron chi connectivity index (χ2n) is 6.63. The highest BCUT2D eigenvalue weighted by Crippen LogP contribution is 2.23. The van der Waals surface area contributed by atoms with Crippen molar-refractivity contribution in [1.82, 2.24) is 4.90 Å². The van der Waals surface area contributed by atoms with E-state index in [0.717, 1.165) is 18.4 Å². The maximum absolute atomic E-state index is 12.7. The molecular formula is C21H21F2NO3. The molecule has 0 spiro atoms. The molecule has 0 radical (unpaired) electrons. The maximum Gasteiger partial charge on any atom is 0.387 e. The van der Waals surface area contributed by atoms with Crippen molar-refractivity contribution in [3.05, 3.63) is 65.7 Å². The molecule has 1 atom stereocenters. The van der Waals surface area contributed by atoms with Crippen LogP contribution in [0.3, 0.4) is 0 Å². The number of carbonyl (C=O) groups is 2. The van der Waals surface area contributed by atoms with Crippen LogP contribution in [0.4, 0.5) is 8.78 Å². The summed E-state index contributed by atoms with van der Waals surface area (Å²) < 4.78 is 29.1. The number of amides is 1. The summed E-state index contributed by atoms with van der Waals surface area (Å²) in [6, 6.07) is 15.3. The van der Waals surface area contributed by atoms with Crippen molar-refractivity contribution >= 4 is 11.7 Å². The third-order valence-electron chi connectivity index (χ3n) is 4.69. The molecule has 1 saturated heterocycles. The highest BCUT2D eigenvalue weighted by molar-refractivity contribution is 5.95. The van der Waals surface area contributed by atoms with Gasteiger partial charge in [0.05, 0.1) is 0 Å². The molecule has 2 aromatic rings. The Balaban J connectivity index is 1.65. The molecule has 1 fully saturated rings. The molecule has 3 rings (SSSR count). The van der Waals surface area contributed by atoms with E-state index in [1.54, 1.807) is 11.0 Å². The zero-order chi connectivity index (χ0) is 19.2. The van der Waals surface area contributed by atoms with Crippen LogP contribution < -0.4 is 4.74 Å². The van der Waals surface area contributed by atoms with Crippen molar-refractivity contribution in [2.45, 2.75) is 25.9 Å². The zero-order valence-corrected chi connectivity index (χ0v) is 14.8. The Hall–Kier alpha value is -2.76. The number of halogens is 2. The number of hydrogen-bond acceptors (Lipinski definition) is 3. The zero-order valence-electron chi connectivity index (χ0n) is 14.8. The number of Topliss-reactive ketones (excluding diaryl/α,β-unsaturated/α-hetero) is 1. The number of hydrogen-bond donors (Lipinski definition) is 0. The minimum absolute atomic E-state index is 0.0513. The molecule has 1 aliphatic heterocycles. The van der Waals surface area contributed by atoms with Crippen LogP contribution in [0, 0.1) is 5.92 Å². The molecule has 0 unspecified atom stereocenters. The lowest BCUT2D eigenvalue weighted by molar-refractivity contribution is -0.123. The van der Waals surface area contributed by atoms with Crippen molar-refractivity contribution in [3.8, 4) is 5.75 Å². The van der Waals surface area contributed by atoms with Gasteiger partial charge in [-0.15, -0.1) is 0 Å². The summed E-state index contributed by atoms with van der Waals surface area (Å²) in [7, 11) is 0. The highest BCUT2D eigenvalue weighted by Gasteiger charge is 2.29. The normalized spacial score (nSPS) is 17.0. The third-order valence-corrected chi connectivity index (χ3v) is 4.69. The summed E-state index contributed by atoms with van der Waals surface area (Å²) in [5.74, 6) is -0.409. The summed E-state index contributed by atoms with van der Waals surface area (Å²) >= 11 is 0. The van der Waals surface area contributed by atoms with Crippen LogP contribution in [0.25, 0.3) is 0 Å². The van der Waals surface area contributed by atoms with Gasteiger partial charge < -0.3 is 9.64 Å². The maximum atomic E-state index is 12.7. The SMILES string of the molecule is O=C(Cc1ccccc1)[C@@H]1CCCN(C(=O)c2cccc(OC(F)F)c2)C1. The molecule has 0 N–H and O–H groups in total. The van der Waals surface area contributed by atoms with Crippen molar-refractivity contribution < 1.29 is 23.1 Å². The van der Waals surface area contributed by atoms with E-state index in [4.69, 9.17) is 0 Å². The van der Waals surface area contributed by atoms with Gasteiger partial charge in [0.25, 0.3) is 5.91 Å². The molecule has 6 heteroatoms. The van der Waals surface area contributed by atoms with E-state index < -0.39 is 6.61 Å². The Morgan fingerprint density at radius 1 is 1.11 bits per heavy atom. The fraction of sp³-hybridized carbons (Fsp3) is 0.333. The van der Waals surface area contributed by atoms with Crippen molar-refractivity contribution in [2.75, 3.05) is 13.1 Å². The first-order chi connectivity index (χ1) is 13.0. The predicted octanol–water partition coefficient (Wildman–Crippen LogP) is 3.95. The minimum Gasteiger partial charge on any atom is -0.435 e. The average Bonchev–Trinajstić information content (AvgIpc) is 2.68. The first kappa shape index (κ1) is 19.0. The van der Waals surface area contributed by atoms with Gasteiger partial charge in [-0.25, -0.2) is 0 Å². The number of likely N-dealkylation sites (tertiary alicyclic amines) is 1. The van der Waals surface area contributed by atoms with Crippen LogP contribution in [0.1, 0.15) is 28.8 Å². The van der Waals surface area contributed by atoms with E-state index in [-0.39, 0.29) is 28.9 Å². The number of nitrogens with zero attached hydrogens (tertiary/aromatic N) is 1. The van der Waals surface area contributed by atoms with Crippen LogP contribution in [-0.4, -0.2) is 36.3 Å². The second kappa shape index (κ2) is 8.75. The third kappa shape index (κ3) is 5.12. The molecule has 0 aromatic heterocycles. The van der Waals surface area contributed by atoms with E-state index in [2.05, 4.69) is 4.74 Å². The van der Waals surface area contributed by atoms with Gasteiger partial charge in [0, 0.05) is 31.0 Å². The van der Waals surface area contributed by atoms with E-state index in [1.165, 1.54) is 18.2 Å². The standard InChI is InChI=1S/C21H21F2NO3/c22-21(23)27-18-10-4-8-16(13-18)20(26)24-11-5-9-17(14-24)19(25)12-15-6-2-1-3-7-15/h1-4,6-8,10,13,17,21H,5,9,11-12,14H2/t17-/m1/s1. The Morgan fingerprint density at radius 3 is 2.63 bits per heavy atom. The van der Waals surface area contributed by atoms with Crippen LogP contribution in [0.15, 0.2) is 54.6 Å². The van der Waals surface area contributed by atoms with Gasteiger partial charge in [-0.3, -0.25) is 9.59 Å². The lowest BCUT2D eigenvalue weighted by atomic mass is 9.90. The van der Waals surface area contributed by atoms with E-state index in [9.17, 15) is 18.4 Å². The average molecular weight is 373 g/mol. The van der Waals surface area contributed by atoms with Gasteiger partial charge in [-0.1, -0.05) is 36.4 Å². The molecule has 0 saturated carbocycles. The van der Waals surface area contributed by atoms with Gasteiger partial charge in [0.15, 0.2) is 0 Å². The highest BCUT2D eigenvalue weighted by atomic mass is 19.3. The molecule has 1 aliphatic rings. The van der Waals surface area contributed by atoms with Crippen LogP contribution >= 0.6 is 0 Å². The monoisotopic (exact) mass is 373 g/mol. The van der Waals surface area contributed by atoms with E-state index >= 15 is 0 Å². The Labute approximate surface area is 156 Å². The van der Waals surface area contributed by atoms with E-state index in [1.807, 2.05) is 30.3 Å². The van der Waals surface area contributed by atoms with Crippen molar-refractivity contribution in [3.63, 3.8) is 0 Å². The molecular weight excluding hydrogens is 352 g/mol. The Kier molecular flexibility index (Phi) is 6.16. The Morgan fingerprint density at radius 2 is 1.89 bits per heavy atom. The summed E-state index contributed by atoms with van der Waals surface area (Å²) in [6.07, 6.45) is 1.85. The first-order valence-corrected chi connectivity index (χ1v) is 8.93. The van der Waals surface area contributed by atoms with Gasteiger partial charge in [-0.2, -0.15) is 8.78 Å². The van der Waals surface area contributed by atoms with Gasteiger partial charge in [0.2, 0.25) is 0 Å². The van der Waals surface area contributed by atoms with Crippen LogP contribution in [0.5, 0.6) is 5.75 Å². The lowest BCUT2D eigenvalue weighted by Crippen LogP contribution is -2.42. The molecule has 0 aliphatic carbocycles. The largest absolute Gasteiger partial charge is 0.435 e. The summed E-state index contributed by atoms with van der Waals surface area (Å²) in [4.78, 5) is 27.0. The fourth-order valence-electron chi connectivity index (χ4n) is 3.35.